The predicted molar refractivity (Wildman–Crippen MR) is 90.3 cm³/mol. The fraction of sp³-hybridized carbons (Fsp3) is 0.529. The van der Waals surface area contributed by atoms with Gasteiger partial charge < -0.3 is 16.0 Å². The first-order valence-corrected chi connectivity index (χ1v) is 8.01. The summed E-state index contributed by atoms with van der Waals surface area (Å²) in [6, 6.07) is 8.29. The fourth-order valence-corrected chi connectivity index (χ4v) is 2.80. The van der Waals surface area contributed by atoms with Gasteiger partial charge in [0.25, 0.3) is 5.91 Å². The van der Waals surface area contributed by atoms with Gasteiger partial charge in [-0.1, -0.05) is 25.0 Å². The fourth-order valence-electron chi connectivity index (χ4n) is 2.80. The van der Waals surface area contributed by atoms with Crippen molar-refractivity contribution in [3.63, 3.8) is 0 Å². The summed E-state index contributed by atoms with van der Waals surface area (Å²) >= 11 is 0. The summed E-state index contributed by atoms with van der Waals surface area (Å²) in [5.41, 5.74) is 1.85. The van der Waals surface area contributed by atoms with E-state index < -0.39 is 0 Å². The first kappa shape index (κ1) is 16.3. The first-order valence-electron chi connectivity index (χ1n) is 8.01. The molecule has 5 nitrogen and oxygen atoms in total. The predicted octanol–water partition coefficient (Wildman–Crippen LogP) is 1.70. The lowest BCUT2D eigenvalue weighted by molar-refractivity contribution is 0.0963. The second-order valence-electron chi connectivity index (χ2n) is 5.65. The zero-order chi connectivity index (χ0) is 15.8. The van der Waals surface area contributed by atoms with Gasteiger partial charge in [-0.3, -0.25) is 9.79 Å². The Balaban J connectivity index is 1.80. The van der Waals surface area contributed by atoms with Crippen molar-refractivity contribution in [2.45, 2.75) is 38.1 Å². The molecule has 2 rings (SSSR count). The lowest BCUT2D eigenvalue weighted by Crippen LogP contribution is -2.43. The summed E-state index contributed by atoms with van der Waals surface area (Å²) in [4.78, 5) is 15.9. The zero-order valence-corrected chi connectivity index (χ0v) is 13.5. The van der Waals surface area contributed by atoms with Gasteiger partial charge in [0.1, 0.15) is 0 Å². The smallest absolute Gasteiger partial charge is 0.251 e. The standard InChI is InChI=1S/C17H26N4O/c1-18-16(22)14-7-5-6-13(12-14)10-11-20-17(19-2)21-15-8-3-4-9-15/h5-7,12,15H,3-4,8-11H2,1-2H3,(H,18,22)(H2,19,20,21). The number of rotatable bonds is 5. The highest BCUT2D eigenvalue weighted by molar-refractivity contribution is 5.94. The number of hydrogen-bond acceptors (Lipinski definition) is 2. The van der Waals surface area contributed by atoms with E-state index in [-0.39, 0.29) is 5.91 Å². The van der Waals surface area contributed by atoms with Gasteiger partial charge in [0.05, 0.1) is 0 Å². The van der Waals surface area contributed by atoms with Crippen molar-refractivity contribution in [2.75, 3.05) is 20.6 Å². The van der Waals surface area contributed by atoms with Crippen molar-refractivity contribution < 1.29 is 4.79 Å². The van der Waals surface area contributed by atoms with Crippen LogP contribution in [0.3, 0.4) is 0 Å². The number of aliphatic imine (C=N–C) groups is 1. The maximum Gasteiger partial charge on any atom is 0.251 e. The van der Waals surface area contributed by atoms with Crippen LogP contribution < -0.4 is 16.0 Å². The van der Waals surface area contributed by atoms with Crippen LogP contribution >= 0.6 is 0 Å². The Hall–Kier alpha value is -2.04. The zero-order valence-electron chi connectivity index (χ0n) is 13.5. The lowest BCUT2D eigenvalue weighted by Gasteiger charge is -2.16. The number of amides is 1. The van der Waals surface area contributed by atoms with Crippen LogP contribution in [0.4, 0.5) is 0 Å². The van der Waals surface area contributed by atoms with E-state index in [1.165, 1.54) is 25.7 Å². The molecule has 22 heavy (non-hydrogen) atoms. The highest BCUT2D eigenvalue weighted by Crippen LogP contribution is 2.17. The first-order chi connectivity index (χ1) is 10.7. The number of hydrogen-bond donors (Lipinski definition) is 3. The summed E-state index contributed by atoms with van der Waals surface area (Å²) < 4.78 is 0. The molecule has 1 fully saturated rings. The van der Waals surface area contributed by atoms with Gasteiger partial charge in [0.2, 0.25) is 0 Å². The third-order valence-electron chi connectivity index (χ3n) is 4.04. The second kappa shape index (κ2) is 8.41. The van der Waals surface area contributed by atoms with E-state index in [0.717, 1.165) is 24.5 Å². The molecule has 0 atom stereocenters. The third kappa shape index (κ3) is 4.76. The van der Waals surface area contributed by atoms with Crippen LogP contribution in [0.15, 0.2) is 29.3 Å². The number of carbonyl (C=O) groups is 1. The topological polar surface area (TPSA) is 65.5 Å². The molecule has 0 aliphatic heterocycles. The SMILES string of the molecule is CN=C(NCCc1cccc(C(=O)NC)c1)NC1CCCC1. The van der Waals surface area contributed by atoms with Crippen LogP contribution in [-0.2, 0) is 6.42 Å². The monoisotopic (exact) mass is 302 g/mol. The molecule has 1 aliphatic carbocycles. The molecule has 0 spiro atoms. The van der Waals surface area contributed by atoms with Crippen molar-refractivity contribution in [1.29, 1.82) is 0 Å². The average molecular weight is 302 g/mol. The Kier molecular flexibility index (Phi) is 6.25. The van der Waals surface area contributed by atoms with Crippen LogP contribution in [0.25, 0.3) is 0 Å². The van der Waals surface area contributed by atoms with Gasteiger partial charge in [-0.05, 0) is 37.0 Å². The molecule has 0 radical (unpaired) electrons. The van der Waals surface area contributed by atoms with E-state index in [1.54, 1.807) is 14.1 Å². The summed E-state index contributed by atoms with van der Waals surface area (Å²) in [7, 11) is 3.45. The van der Waals surface area contributed by atoms with E-state index in [0.29, 0.717) is 11.6 Å². The van der Waals surface area contributed by atoms with Gasteiger partial charge >= 0.3 is 0 Å². The summed E-state index contributed by atoms with van der Waals surface area (Å²) in [5, 5.41) is 9.46. The van der Waals surface area contributed by atoms with Crippen LogP contribution in [0.5, 0.6) is 0 Å². The summed E-state index contributed by atoms with van der Waals surface area (Å²) in [5.74, 6) is 0.822. The lowest BCUT2D eigenvalue weighted by atomic mass is 10.1. The van der Waals surface area contributed by atoms with Crippen molar-refractivity contribution >= 4 is 11.9 Å². The second-order valence-corrected chi connectivity index (χ2v) is 5.65. The minimum atomic E-state index is -0.0477. The molecule has 1 amide bonds. The van der Waals surface area contributed by atoms with Crippen molar-refractivity contribution in [3.05, 3.63) is 35.4 Å². The van der Waals surface area contributed by atoms with E-state index in [2.05, 4.69) is 20.9 Å². The Morgan fingerprint density at radius 2 is 2.09 bits per heavy atom. The minimum Gasteiger partial charge on any atom is -0.356 e. The molecule has 1 aromatic carbocycles. The molecular formula is C17H26N4O. The Bertz CT molecular complexity index is 521. The maximum absolute atomic E-state index is 11.6. The molecular weight excluding hydrogens is 276 g/mol. The molecule has 0 unspecified atom stereocenters. The van der Waals surface area contributed by atoms with Gasteiger partial charge in [0.15, 0.2) is 5.96 Å². The largest absolute Gasteiger partial charge is 0.356 e. The van der Waals surface area contributed by atoms with Crippen LogP contribution in [0, 0.1) is 0 Å². The quantitative estimate of drug-likeness (QED) is 0.573. The number of benzene rings is 1. The Morgan fingerprint density at radius 1 is 1.32 bits per heavy atom. The number of guanidine groups is 1. The van der Waals surface area contributed by atoms with Crippen molar-refractivity contribution in [1.82, 2.24) is 16.0 Å². The number of nitrogens with zero attached hydrogens (tertiary/aromatic N) is 1. The van der Waals surface area contributed by atoms with Gasteiger partial charge in [0, 0.05) is 32.2 Å². The highest BCUT2D eigenvalue weighted by atomic mass is 16.1. The molecule has 0 aromatic heterocycles. The van der Waals surface area contributed by atoms with E-state index >= 15 is 0 Å². The summed E-state index contributed by atoms with van der Waals surface area (Å²) in [6.07, 6.45) is 5.93. The Labute approximate surface area is 132 Å². The molecule has 1 aliphatic rings. The highest BCUT2D eigenvalue weighted by Gasteiger charge is 2.15. The van der Waals surface area contributed by atoms with Crippen molar-refractivity contribution in [2.24, 2.45) is 4.99 Å². The summed E-state index contributed by atoms with van der Waals surface area (Å²) in [6.45, 7) is 0.795. The van der Waals surface area contributed by atoms with Gasteiger partial charge in [-0.2, -0.15) is 0 Å². The van der Waals surface area contributed by atoms with Crippen LogP contribution in [0.1, 0.15) is 41.6 Å². The van der Waals surface area contributed by atoms with Gasteiger partial charge in [-0.15, -0.1) is 0 Å². The third-order valence-corrected chi connectivity index (χ3v) is 4.04. The molecule has 3 N–H and O–H groups in total. The van der Waals surface area contributed by atoms with Crippen molar-refractivity contribution in [3.8, 4) is 0 Å². The molecule has 5 heteroatoms. The number of nitrogens with one attached hydrogen (secondary N) is 3. The normalized spacial score (nSPS) is 15.6. The van der Waals surface area contributed by atoms with E-state index in [9.17, 15) is 4.79 Å². The molecule has 1 saturated carbocycles. The maximum atomic E-state index is 11.6. The average Bonchev–Trinajstić information content (AvgIpc) is 3.06. The van der Waals surface area contributed by atoms with E-state index in [4.69, 9.17) is 0 Å². The number of carbonyl (C=O) groups excluding carboxylic acids is 1. The van der Waals surface area contributed by atoms with Crippen LogP contribution in [-0.4, -0.2) is 38.5 Å². The Morgan fingerprint density at radius 3 is 2.77 bits per heavy atom. The molecule has 120 valence electrons. The van der Waals surface area contributed by atoms with Gasteiger partial charge in [-0.25, -0.2) is 0 Å². The van der Waals surface area contributed by atoms with Crippen LogP contribution in [0.2, 0.25) is 0 Å². The molecule has 0 heterocycles. The molecule has 0 saturated heterocycles. The molecule has 1 aromatic rings. The molecule has 0 bridgehead atoms. The van der Waals surface area contributed by atoms with E-state index in [1.807, 2.05) is 24.3 Å². The minimum absolute atomic E-state index is 0.0477.